The lowest BCUT2D eigenvalue weighted by atomic mass is 10.0. The number of likely N-dealkylation sites (tertiary alicyclic amines) is 1. The van der Waals surface area contributed by atoms with Crippen LogP contribution >= 0.6 is 0 Å². The van der Waals surface area contributed by atoms with Gasteiger partial charge in [0.15, 0.2) is 0 Å². The first-order valence-corrected chi connectivity index (χ1v) is 8.17. The van der Waals surface area contributed by atoms with Crippen LogP contribution in [0.3, 0.4) is 0 Å². The van der Waals surface area contributed by atoms with Crippen LogP contribution in [0.2, 0.25) is 0 Å². The highest BCUT2D eigenvalue weighted by Crippen LogP contribution is 2.35. The van der Waals surface area contributed by atoms with Gasteiger partial charge >= 0.3 is 5.97 Å². The van der Waals surface area contributed by atoms with E-state index in [-0.39, 0.29) is 30.8 Å². The third-order valence-electron chi connectivity index (χ3n) is 3.86. The third-order valence-corrected chi connectivity index (χ3v) is 3.86. The summed E-state index contributed by atoms with van der Waals surface area (Å²) < 4.78 is 5.26. The first-order chi connectivity index (χ1) is 10.8. The molecule has 2 rings (SSSR count). The van der Waals surface area contributed by atoms with Gasteiger partial charge in [-0.3, -0.25) is 14.6 Å². The van der Waals surface area contributed by atoms with Crippen molar-refractivity contribution in [2.75, 3.05) is 6.54 Å². The molecule has 0 saturated carbocycles. The third kappa shape index (κ3) is 5.05. The smallest absolute Gasteiger partial charge is 0.306 e. The summed E-state index contributed by atoms with van der Waals surface area (Å²) in [6.45, 7) is 8.35. The summed E-state index contributed by atoms with van der Waals surface area (Å²) in [6, 6.07) is 3.95. The van der Waals surface area contributed by atoms with E-state index in [2.05, 4.69) is 11.9 Å². The van der Waals surface area contributed by atoms with E-state index in [1.165, 1.54) is 0 Å². The molecule has 1 fully saturated rings. The molecule has 0 aromatic carbocycles. The number of pyridine rings is 1. The number of rotatable bonds is 4. The maximum absolute atomic E-state index is 12.5. The molecular formula is C18H26N2O3. The van der Waals surface area contributed by atoms with E-state index < -0.39 is 5.60 Å². The fraction of sp³-hybridized carbons (Fsp3) is 0.611. The molecule has 5 heteroatoms. The SMILES string of the molecule is C[C@@H]1C[C@H](c2cccnc2)N(C(=O)CCC(=O)OC(C)(C)C)C1. The number of amides is 1. The molecule has 0 unspecified atom stereocenters. The highest BCUT2D eigenvalue weighted by Gasteiger charge is 2.34. The van der Waals surface area contributed by atoms with Crippen LogP contribution in [-0.2, 0) is 14.3 Å². The van der Waals surface area contributed by atoms with Gasteiger partial charge < -0.3 is 9.64 Å². The number of ether oxygens (including phenoxy) is 1. The highest BCUT2D eigenvalue weighted by atomic mass is 16.6. The first-order valence-electron chi connectivity index (χ1n) is 8.17. The van der Waals surface area contributed by atoms with Crippen molar-refractivity contribution in [1.82, 2.24) is 9.88 Å². The second-order valence-corrected chi connectivity index (χ2v) is 7.28. The van der Waals surface area contributed by atoms with Crippen LogP contribution in [0.25, 0.3) is 0 Å². The molecule has 23 heavy (non-hydrogen) atoms. The Labute approximate surface area is 138 Å². The fourth-order valence-electron chi connectivity index (χ4n) is 2.96. The molecular weight excluding hydrogens is 292 g/mol. The van der Waals surface area contributed by atoms with Crippen molar-refractivity contribution in [3.8, 4) is 0 Å². The van der Waals surface area contributed by atoms with Gasteiger partial charge in [0.05, 0.1) is 12.5 Å². The zero-order valence-corrected chi connectivity index (χ0v) is 14.4. The van der Waals surface area contributed by atoms with Crippen LogP contribution in [0, 0.1) is 5.92 Å². The molecule has 0 N–H and O–H groups in total. The van der Waals surface area contributed by atoms with Crippen LogP contribution in [0.4, 0.5) is 0 Å². The molecule has 2 atom stereocenters. The molecule has 0 spiro atoms. The molecule has 1 aliphatic heterocycles. The maximum atomic E-state index is 12.5. The lowest BCUT2D eigenvalue weighted by molar-refractivity contribution is -0.156. The molecule has 1 amide bonds. The standard InChI is InChI=1S/C18H26N2O3/c1-13-10-15(14-6-5-9-19-11-14)20(12-13)16(21)7-8-17(22)23-18(2,3)4/h5-6,9,11,13,15H,7-8,10,12H2,1-4H3/t13-,15-/m1/s1. The van der Waals surface area contributed by atoms with E-state index in [1.54, 1.807) is 6.20 Å². The van der Waals surface area contributed by atoms with E-state index in [0.717, 1.165) is 18.5 Å². The Balaban J connectivity index is 1.96. The zero-order chi connectivity index (χ0) is 17.0. The van der Waals surface area contributed by atoms with Crippen LogP contribution in [-0.4, -0.2) is 33.9 Å². The molecule has 0 radical (unpaired) electrons. The van der Waals surface area contributed by atoms with Gasteiger partial charge in [-0.25, -0.2) is 0 Å². The van der Waals surface area contributed by atoms with Gasteiger partial charge in [0, 0.05) is 25.4 Å². The Morgan fingerprint density at radius 2 is 2.09 bits per heavy atom. The number of nitrogens with zero attached hydrogens (tertiary/aromatic N) is 2. The summed E-state index contributed by atoms with van der Waals surface area (Å²) in [7, 11) is 0. The molecule has 1 saturated heterocycles. The molecule has 2 heterocycles. The number of aromatic nitrogens is 1. The summed E-state index contributed by atoms with van der Waals surface area (Å²) in [4.78, 5) is 30.4. The number of hydrogen-bond donors (Lipinski definition) is 0. The molecule has 5 nitrogen and oxygen atoms in total. The van der Waals surface area contributed by atoms with Crippen molar-refractivity contribution in [2.24, 2.45) is 5.92 Å². The van der Waals surface area contributed by atoms with E-state index in [1.807, 2.05) is 44.0 Å². The van der Waals surface area contributed by atoms with Gasteiger partial charge in [-0.1, -0.05) is 13.0 Å². The second kappa shape index (κ2) is 7.11. The maximum Gasteiger partial charge on any atom is 0.306 e. The number of hydrogen-bond acceptors (Lipinski definition) is 4. The number of carbonyl (C=O) groups excluding carboxylic acids is 2. The largest absolute Gasteiger partial charge is 0.460 e. The summed E-state index contributed by atoms with van der Waals surface area (Å²) in [5.41, 5.74) is 0.544. The normalized spacial score (nSPS) is 21.3. The summed E-state index contributed by atoms with van der Waals surface area (Å²) in [5.74, 6) is 0.135. The highest BCUT2D eigenvalue weighted by molar-refractivity contribution is 5.82. The monoisotopic (exact) mass is 318 g/mol. The Kier molecular flexibility index (Phi) is 5.39. The van der Waals surface area contributed by atoms with Gasteiger partial charge in [-0.15, -0.1) is 0 Å². The predicted octanol–water partition coefficient (Wildman–Crippen LogP) is 3.11. The summed E-state index contributed by atoms with van der Waals surface area (Å²) in [5, 5.41) is 0. The summed E-state index contributed by atoms with van der Waals surface area (Å²) in [6.07, 6.45) is 4.80. The predicted molar refractivity (Wildman–Crippen MR) is 87.6 cm³/mol. The Hall–Kier alpha value is -1.91. The van der Waals surface area contributed by atoms with E-state index in [0.29, 0.717) is 5.92 Å². The van der Waals surface area contributed by atoms with Crippen molar-refractivity contribution in [1.29, 1.82) is 0 Å². The van der Waals surface area contributed by atoms with E-state index in [9.17, 15) is 9.59 Å². The van der Waals surface area contributed by atoms with Gasteiger partial charge in [0.25, 0.3) is 0 Å². The van der Waals surface area contributed by atoms with Crippen molar-refractivity contribution in [3.05, 3.63) is 30.1 Å². The minimum atomic E-state index is -0.513. The van der Waals surface area contributed by atoms with E-state index in [4.69, 9.17) is 4.74 Å². The van der Waals surface area contributed by atoms with Gasteiger partial charge in [0.2, 0.25) is 5.91 Å². The Bertz CT molecular complexity index is 551. The van der Waals surface area contributed by atoms with Crippen LogP contribution in [0.1, 0.15) is 58.6 Å². The average Bonchev–Trinajstić information content (AvgIpc) is 2.86. The lowest BCUT2D eigenvalue weighted by Gasteiger charge is -2.25. The molecule has 126 valence electrons. The molecule has 0 bridgehead atoms. The topological polar surface area (TPSA) is 59.5 Å². The lowest BCUT2D eigenvalue weighted by Crippen LogP contribution is -2.32. The van der Waals surface area contributed by atoms with Gasteiger partial charge in [0.1, 0.15) is 5.60 Å². The molecule has 0 aliphatic carbocycles. The number of carbonyl (C=O) groups is 2. The van der Waals surface area contributed by atoms with Crippen molar-refractivity contribution >= 4 is 11.9 Å². The Morgan fingerprint density at radius 3 is 2.70 bits per heavy atom. The Morgan fingerprint density at radius 1 is 1.35 bits per heavy atom. The van der Waals surface area contributed by atoms with Gasteiger partial charge in [-0.05, 0) is 44.7 Å². The second-order valence-electron chi connectivity index (χ2n) is 7.28. The molecule has 1 aliphatic rings. The number of esters is 1. The minimum absolute atomic E-state index is 0.00839. The summed E-state index contributed by atoms with van der Waals surface area (Å²) >= 11 is 0. The first kappa shape index (κ1) is 17.4. The average molecular weight is 318 g/mol. The van der Waals surface area contributed by atoms with Crippen LogP contribution in [0.15, 0.2) is 24.5 Å². The van der Waals surface area contributed by atoms with Gasteiger partial charge in [-0.2, -0.15) is 0 Å². The van der Waals surface area contributed by atoms with Crippen molar-refractivity contribution < 1.29 is 14.3 Å². The van der Waals surface area contributed by atoms with Crippen molar-refractivity contribution in [2.45, 2.75) is 58.6 Å². The minimum Gasteiger partial charge on any atom is -0.460 e. The van der Waals surface area contributed by atoms with Crippen LogP contribution in [0.5, 0.6) is 0 Å². The molecule has 1 aromatic heterocycles. The zero-order valence-electron chi connectivity index (χ0n) is 14.4. The van der Waals surface area contributed by atoms with Crippen LogP contribution < -0.4 is 0 Å². The molecule has 1 aromatic rings. The van der Waals surface area contributed by atoms with E-state index >= 15 is 0 Å². The fourth-order valence-corrected chi connectivity index (χ4v) is 2.96. The van der Waals surface area contributed by atoms with Crippen molar-refractivity contribution in [3.63, 3.8) is 0 Å². The quantitative estimate of drug-likeness (QED) is 0.800.